The lowest BCUT2D eigenvalue weighted by molar-refractivity contribution is -0.149. The molecule has 1 aliphatic carbocycles. The number of nitrogens with zero attached hydrogens (tertiary/aromatic N) is 3. The number of esters is 1. The van der Waals surface area contributed by atoms with Crippen LogP contribution in [0.2, 0.25) is 0 Å². The molecule has 0 radical (unpaired) electrons. The number of nitrogens with one attached hydrogen (secondary N) is 1. The van der Waals surface area contributed by atoms with Crippen LogP contribution in [-0.4, -0.2) is 45.0 Å². The van der Waals surface area contributed by atoms with Crippen molar-refractivity contribution in [3.63, 3.8) is 0 Å². The van der Waals surface area contributed by atoms with Gasteiger partial charge >= 0.3 is 12.0 Å². The molecule has 1 aliphatic heterocycles. The summed E-state index contributed by atoms with van der Waals surface area (Å²) >= 11 is 0. The number of aromatic nitrogens is 2. The Bertz CT molecular complexity index is 663. The molecule has 1 N–H and O–H groups in total. The van der Waals surface area contributed by atoms with Gasteiger partial charge in [-0.25, -0.2) is 4.79 Å². The van der Waals surface area contributed by atoms with Crippen LogP contribution in [0.15, 0.2) is 4.52 Å². The summed E-state index contributed by atoms with van der Waals surface area (Å²) in [5, 5.41) is 6.34. The van der Waals surface area contributed by atoms with E-state index in [1.807, 2.05) is 0 Å². The monoisotopic (exact) mass is 336 g/mol. The summed E-state index contributed by atoms with van der Waals surface area (Å²) in [5.74, 6) is 0.0946. The Kier molecular flexibility index (Phi) is 4.25. The van der Waals surface area contributed by atoms with Gasteiger partial charge in [0, 0.05) is 0 Å². The van der Waals surface area contributed by atoms with Crippen molar-refractivity contribution < 1.29 is 23.6 Å². The second kappa shape index (κ2) is 6.21. The van der Waals surface area contributed by atoms with Crippen molar-refractivity contribution in [2.45, 2.75) is 51.7 Å². The van der Waals surface area contributed by atoms with Gasteiger partial charge in [-0.1, -0.05) is 12.1 Å². The summed E-state index contributed by atoms with van der Waals surface area (Å²) in [6.45, 7) is 3.16. The molecular weight excluding hydrogens is 316 g/mol. The zero-order valence-corrected chi connectivity index (χ0v) is 13.7. The molecule has 3 rings (SSSR count). The predicted octanol–water partition coefficient (Wildman–Crippen LogP) is 0.922. The maximum absolute atomic E-state index is 12.6. The highest BCUT2D eigenvalue weighted by Gasteiger charge is 2.52. The number of urea groups is 1. The van der Waals surface area contributed by atoms with Crippen LogP contribution in [0.3, 0.4) is 0 Å². The lowest BCUT2D eigenvalue weighted by Gasteiger charge is -2.33. The van der Waals surface area contributed by atoms with E-state index in [2.05, 4.69) is 22.4 Å². The average Bonchev–Trinajstić information content (AvgIpc) is 3.06. The summed E-state index contributed by atoms with van der Waals surface area (Å²) in [5.41, 5.74) is -0.854. The second-order valence-electron chi connectivity index (χ2n) is 6.48. The first-order chi connectivity index (χ1) is 11.4. The molecule has 0 atom stereocenters. The van der Waals surface area contributed by atoms with Crippen molar-refractivity contribution in [2.75, 3.05) is 6.54 Å². The first kappa shape index (κ1) is 16.4. The molecule has 24 heavy (non-hydrogen) atoms. The largest absolute Gasteiger partial charge is 0.454 e. The van der Waals surface area contributed by atoms with Gasteiger partial charge in [0.05, 0.1) is 0 Å². The van der Waals surface area contributed by atoms with Gasteiger partial charge < -0.3 is 14.6 Å². The van der Waals surface area contributed by atoms with Gasteiger partial charge in [0.15, 0.2) is 12.4 Å². The van der Waals surface area contributed by atoms with Crippen LogP contribution in [0.1, 0.15) is 44.3 Å². The lowest BCUT2D eigenvalue weighted by Crippen LogP contribution is -2.49. The third kappa shape index (κ3) is 3.10. The van der Waals surface area contributed by atoms with Crippen LogP contribution in [0.5, 0.6) is 0 Å². The highest BCUT2D eigenvalue weighted by Crippen LogP contribution is 2.36. The van der Waals surface area contributed by atoms with E-state index in [0.29, 0.717) is 24.6 Å². The third-order valence-corrected chi connectivity index (χ3v) is 4.59. The number of aryl methyl sites for hydroxylation is 1. The summed E-state index contributed by atoms with van der Waals surface area (Å²) < 4.78 is 9.81. The van der Waals surface area contributed by atoms with Gasteiger partial charge in [0.2, 0.25) is 0 Å². The molecule has 130 valence electrons. The Morgan fingerprint density at radius 2 is 2.12 bits per heavy atom. The first-order valence-corrected chi connectivity index (χ1v) is 7.98. The van der Waals surface area contributed by atoms with Gasteiger partial charge in [-0.15, -0.1) is 0 Å². The SMILES string of the molecule is Cc1noc(COC(=O)CN2C(=O)NC3(CCC(C)CC3)C2=O)n1. The minimum atomic E-state index is -0.854. The van der Waals surface area contributed by atoms with Crippen molar-refractivity contribution in [2.24, 2.45) is 5.92 Å². The van der Waals surface area contributed by atoms with Crippen molar-refractivity contribution in [1.29, 1.82) is 0 Å². The molecule has 2 fully saturated rings. The second-order valence-corrected chi connectivity index (χ2v) is 6.48. The molecule has 3 amide bonds. The lowest BCUT2D eigenvalue weighted by atomic mass is 9.77. The predicted molar refractivity (Wildman–Crippen MR) is 79.4 cm³/mol. The molecule has 1 saturated carbocycles. The van der Waals surface area contributed by atoms with Crippen LogP contribution in [0.4, 0.5) is 4.79 Å². The van der Waals surface area contributed by atoms with Crippen molar-refractivity contribution in [3.05, 3.63) is 11.7 Å². The summed E-state index contributed by atoms with van der Waals surface area (Å²) in [4.78, 5) is 41.4. The normalized spacial score (nSPS) is 26.8. The van der Waals surface area contributed by atoms with Crippen LogP contribution in [0, 0.1) is 12.8 Å². The molecule has 0 unspecified atom stereocenters. The molecule has 0 bridgehead atoms. The number of carbonyl (C=O) groups is 3. The third-order valence-electron chi connectivity index (χ3n) is 4.59. The number of imide groups is 1. The van der Waals surface area contributed by atoms with E-state index in [1.165, 1.54) is 0 Å². The Morgan fingerprint density at radius 3 is 2.75 bits per heavy atom. The molecular formula is C15H20N4O5. The van der Waals surface area contributed by atoms with E-state index in [4.69, 9.17) is 9.26 Å². The number of rotatable bonds is 4. The molecule has 1 spiro atoms. The van der Waals surface area contributed by atoms with E-state index in [9.17, 15) is 14.4 Å². The summed E-state index contributed by atoms with van der Waals surface area (Å²) in [6.07, 6.45) is 2.96. The smallest absolute Gasteiger partial charge is 0.326 e. The van der Waals surface area contributed by atoms with Gasteiger partial charge in [-0.05, 0) is 38.5 Å². The fourth-order valence-corrected chi connectivity index (χ4v) is 3.13. The van der Waals surface area contributed by atoms with Gasteiger partial charge in [0.1, 0.15) is 12.1 Å². The van der Waals surface area contributed by atoms with E-state index in [0.717, 1.165) is 17.7 Å². The molecule has 0 aromatic carbocycles. The number of hydrogen-bond donors (Lipinski definition) is 1. The number of ether oxygens (including phenoxy) is 1. The molecule has 1 aromatic heterocycles. The van der Waals surface area contributed by atoms with Crippen molar-refractivity contribution in [3.8, 4) is 0 Å². The minimum absolute atomic E-state index is 0.163. The van der Waals surface area contributed by atoms with E-state index in [-0.39, 0.29) is 18.4 Å². The Balaban J connectivity index is 1.57. The van der Waals surface area contributed by atoms with E-state index in [1.54, 1.807) is 6.92 Å². The average molecular weight is 336 g/mol. The quantitative estimate of drug-likeness (QED) is 0.642. The Morgan fingerprint density at radius 1 is 1.42 bits per heavy atom. The van der Waals surface area contributed by atoms with Crippen LogP contribution < -0.4 is 5.32 Å². The maximum atomic E-state index is 12.6. The van der Waals surface area contributed by atoms with E-state index < -0.39 is 24.1 Å². The van der Waals surface area contributed by atoms with Crippen molar-refractivity contribution >= 4 is 17.9 Å². The van der Waals surface area contributed by atoms with Crippen LogP contribution >= 0.6 is 0 Å². The van der Waals surface area contributed by atoms with Gasteiger partial charge in [-0.3, -0.25) is 14.5 Å². The summed E-state index contributed by atoms with van der Waals surface area (Å²) in [6, 6.07) is -0.542. The van der Waals surface area contributed by atoms with Crippen LogP contribution in [-0.2, 0) is 20.9 Å². The van der Waals surface area contributed by atoms with E-state index >= 15 is 0 Å². The summed E-state index contributed by atoms with van der Waals surface area (Å²) in [7, 11) is 0. The molecule has 9 nitrogen and oxygen atoms in total. The minimum Gasteiger partial charge on any atom is -0.454 e. The Hall–Kier alpha value is -2.45. The highest BCUT2D eigenvalue weighted by atomic mass is 16.6. The number of carbonyl (C=O) groups excluding carboxylic acids is 3. The molecule has 2 aliphatic rings. The van der Waals surface area contributed by atoms with Gasteiger partial charge in [0.25, 0.3) is 11.8 Å². The van der Waals surface area contributed by atoms with Gasteiger partial charge in [-0.2, -0.15) is 4.98 Å². The molecule has 2 heterocycles. The maximum Gasteiger partial charge on any atom is 0.326 e. The molecule has 1 saturated heterocycles. The number of amides is 3. The molecule has 9 heteroatoms. The topological polar surface area (TPSA) is 115 Å². The Labute approximate surface area is 138 Å². The zero-order valence-electron chi connectivity index (χ0n) is 13.7. The highest BCUT2D eigenvalue weighted by molar-refractivity contribution is 6.08. The zero-order chi connectivity index (χ0) is 17.3. The first-order valence-electron chi connectivity index (χ1n) is 7.98. The number of hydrogen-bond acceptors (Lipinski definition) is 7. The fourth-order valence-electron chi connectivity index (χ4n) is 3.13. The molecule has 1 aromatic rings. The standard InChI is InChI=1S/C15H20N4O5/c1-9-3-5-15(6-4-9)13(21)19(14(22)17-15)7-12(20)23-8-11-16-10(2)18-24-11/h9H,3-8H2,1-2H3,(H,17,22). The fraction of sp³-hybridized carbons (Fsp3) is 0.667. The van der Waals surface area contributed by atoms with Crippen LogP contribution in [0.25, 0.3) is 0 Å². The van der Waals surface area contributed by atoms with Crippen molar-refractivity contribution in [1.82, 2.24) is 20.4 Å².